The van der Waals surface area contributed by atoms with E-state index in [-0.39, 0.29) is 24.7 Å². The number of aliphatic carboxylic acids is 1. The van der Waals surface area contributed by atoms with E-state index in [1.54, 1.807) is 14.2 Å². The Kier molecular flexibility index (Phi) is 7.04. The predicted molar refractivity (Wildman–Crippen MR) is 136 cm³/mol. The van der Waals surface area contributed by atoms with Gasteiger partial charge in [-0.25, -0.2) is 0 Å². The number of anilines is 2. The molecule has 5 rings (SSSR count). The lowest BCUT2D eigenvalue weighted by Gasteiger charge is -2.35. The van der Waals surface area contributed by atoms with Crippen LogP contribution in [-0.2, 0) is 9.53 Å². The Morgan fingerprint density at radius 2 is 1.69 bits per heavy atom. The summed E-state index contributed by atoms with van der Waals surface area (Å²) in [4.78, 5) is 15.9. The molecule has 2 saturated heterocycles. The van der Waals surface area contributed by atoms with E-state index in [1.807, 2.05) is 24.3 Å². The van der Waals surface area contributed by atoms with Gasteiger partial charge >= 0.3 is 5.97 Å². The van der Waals surface area contributed by atoms with E-state index < -0.39 is 5.97 Å². The van der Waals surface area contributed by atoms with Crippen LogP contribution in [0, 0.1) is 0 Å². The van der Waals surface area contributed by atoms with Crippen LogP contribution in [0.2, 0.25) is 0 Å². The molecule has 3 aliphatic rings. The zero-order valence-corrected chi connectivity index (χ0v) is 20.7. The zero-order valence-electron chi connectivity index (χ0n) is 20.7. The molecule has 1 aliphatic carbocycles. The summed E-state index contributed by atoms with van der Waals surface area (Å²) in [6.45, 7) is 2.65. The van der Waals surface area contributed by atoms with Crippen LogP contribution in [0.15, 0.2) is 42.5 Å². The van der Waals surface area contributed by atoms with Gasteiger partial charge in [0.05, 0.1) is 19.6 Å². The standard InChI is InChI=1S/C28H36N2O5/c1-33-24-9-10-26(19-3-4-19)27(17-24)29-13-11-23(12-14-29)35-22-7-5-20(6-8-22)30-18-25(34-2)15-21(30)16-28(31)32/h5-10,17,19,21,23,25H,3-4,11-16,18H2,1-2H3,(H,31,32). The number of piperidine rings is 1. The minimum absolute atomic E-state index is 0.0503. The SMILES string of the molecule is COc1ccc(C2CC2)c(N2CCC(Oc3ccc(N4CC(OC)CC4CC(=O)O)cc3)CC2)c1. The average Bonchev–Trinajstić information content (AvgIpc) is 3.65. The van der Waals surface area contributed by atoms with Crippen molar-refractivity contribution in [2.45, 2.75) is 62.7 Å². The molecule has 35 heavy (non-hydrogen) atoms. The van der Waals surface area contributed by atoms with Gasteiger partial charge in [0.2, 0.25) is 0 Å². The Hall–Kier alpha value is -2.93. The maximum absolute atomic E-state index is 11.3. The van der Waals surface area contributed by atoms with E-state index in [9.17, 15) is 9.90 Å². The van der Waals surface area contributed by atoms with Crippen LogP contribution >= 0.6 is 0 Å². The first-order valence-electron chi connectivity index (χ1n) is 12.7. The van der Waals surface area contributed by atoms with Gasteiger partial charge in [0.1, 0.15) is 17.6 Å². The van der Waals surface area contributed by atoms with Crippen LogP contribution in [0.3, 0.4) is 0 Å². The molecular weight excluding hydrogens is 444 g/mol. The molecule has 1 saturated carbocycles. The average molecular weight is 481 g/mol. The van der Waals surface area contributed by atoms with Crippen molar-refractivity contribution in [2.75, 3.05) is 43.7 Å². The minimum Gasteiger partial charge on any atom is -0.497 e. The quantitative estimate of drug-likeness (QED) is 0.558. The maximum atomic E-state index is 11.3. The second-order valence-electron chi connectivity index (χ2n) is 9.99. The Bertz CT molecular complexity index is 1010. The summed E-state index contributed by atoms with van der Waals surface area (Å²) in [5.74, 6) is 1.71. The van der Waals surface area contributed by atoms with Gasteiger partial charge in [0.25, 0.3) is 0 Å². The molecule has 2 aromatic carbocycles. The van der Waals surface area contributed by atoms with Crippen LogP contribution in [0.1, 0.15) is 50.0 Å². The number of hydrogen-bond acceptors (Lipinski definition) is 6. The third-order valence-electron chi connectivity index (χ3n) is 7.63. The lowest BCUT2D eigenvalue weighted by molar-refractivity contribution is -0.137. The Balaban J connectivity index is 1.19. The van der Waals surface area contributed by atoms with Gasteiger partial charge < -0.3 is 29.1 Å². The molecule has 188 valence electrons. The third-order valence-corrected chi connectivity index (χ3v) is 7.63. The molecule has 2 atom stereocenters. The Morgan fingerprint density at radius 3 is 2.31 bits per heavy atom. The number of benzene rings is 2. The number of carbonyl (C=O) groups is 1. The largest absolute Gasteiger partial charge is 0.497 e. The fraction of sp³-hybridized carbons (Fsp3) is 0.536. The molecule has 2 unspecified atom stereocenters. The van der Waals surface area contributed by atoms with Gasteiger partial charge in [-0.05, 0) is 61.1 Å². The second-order valence-corrected chi connectivity index (χ2v) is 9.99. The van der Waals surface area contributed by atoms with Crippen LogP contribution in [0.25, 0.3) is 0 Å². The number of hydrogen-bond donors (Lipinski definition) is 1. The molecule has 0 aromatic heterocycles. The Morgan fingerprint density at radius 1 is 0.971 bits per heavy atom. The van der Waals surface area contributed by atoms with Crippen LogP contribution in [0.4, 0.5) is 11.4 Å². The third kappa shape index (κ3) is 5.50. The lowest BCUT2D eigenvalue weighted by Crippen LogP contribution is -2.38. The lowest BCUT2D eigenvalue weighted by atomic mass is 10.0. The highest BCUT2D eigenvalue weighted by atomic mass is 16.5. The van der Waals surface area contributed by atoms with Gasteiger partial charge in [-0.3, -0.25) is 4.79 Å². The van der Waals surface area contributed by atoms with E-state index in [0.717, 1.165) is 49.5 Å². The second kappa shape index (κ2) is 10.4. The molecule has 7 heteroatoms. The molecule has 1 N–H and O–H groups in total. The summed E-state index contributed by atoms with van der Waals surface area (Å²) in [5.41, 5.74) is 3.80. The van der Waals surface area contributed by atoms with Crippen LogP contribution in [0.5, 0.6) is 11.5 Å². The van der Waals surface area contributed by atoms with Gasteiger partial charge in [0.15, 0.2) is 0 Å². The molecule has 2 aromatic rings. The summed E-state index contributed by atoms with van der Waals surface area (Å²) in [7, 11) is 3.42. The first-order chi connectivity index (χ1) is 17.0. The first kappa shape index (κ1) is 23.8. The van der Waals surface area contributed by atoms with Gasteiger partial charge in [-0.15, -0.1) is 0 Å². The number of ether oxygens (including phenoxy) is 3. The van der Waals surface area contributed by atoms with Crippen molar-refractivity contribution in [2.24, 2.45) is 0 Å². The number of rotatable bonds is 9. The summed E-state index contributed by atoms with van der Waals surface area (Å²) in [6, 6.07) is 14.6. The molecular formula is C28H36N2O5. The van der Waals surface area contributed by atoms with E-state index >= 15 is 0 Å². The van der Waals surface area contributed by atoms with E-state index in [2.05, 4.69) is 28.0 Å². The maximum Gasteiger partial charge on any atom is 0.305 e. The molecule has 2 aliphatic heterocycles. The molecule has 0 amide bonds. The molecule has 3 fully saturated rings. The molecule has 0 spiro atoms. The fourth-order valence-electron chi connectivity index (χ4n) is 5.54. The molecule has 0 radical (unpaired) electrons. The fourth-order valence-corrected chi connectivity index (χ4v) is 5.54. The van der Waals surface area contributed by atoms with Crippen molar-refractivity contribution < 1.29 is 24.1 Å². The zero-order chi connectivity index (χ0) is 24.4. The van der Waals surface area contributed by atoms with Crippen molar-refractivity contribution in [3.8, 4) is 11.5 Å². The molecule has 2 heterocycles. The van der Waals surface area contributed by atoms with E-state index in [4.69, 9.17) is 14.2 Å². The highest BCUT2D eigenvalue weighted by Gasteiger charge is 2.34. The van der Waals surface area contributed by atoms with Crippen molar-refractivity contribution in [1.82, 2.24) is 0 Å². The molecule has 0 bridgehead atoms. The van der Waals surface area contributed by atoms with Crippen molar-refractivity contribution in [3.05, 3.63) is 48.0 Å². The Labute approximate surface area is 207 Å². The summed E-state index contributed by atoms with van der Waals surface area (Å²) in [5, 5.41) is 9.29. The van der Waals surface area contributed by atoms with Crippen LogP contribution < -0.4 is 19.3 Å². The topological polar surface area (TPSA) is 71.5 Å². The first-order valence-corrected chi connectivity index (χ1v) is 12.7. The predicted octanol–water partition coefficient (Wildman–Crippen LogP) is 4.69. The summed E-state index contributed by atoms with van der Waals surface area (Å²) < 4.78 is 17.3. The number of carboxylic acid groups (broad SMARTS) is 1. The van der Waals surface area contributed by atoms with Gasteiger partial charge in [-0.1, -0.05) is 6.07 Å². The highest BCUT2D eigenvalue weighted by Crippen LogP contribution is 2.46. The smallest absolute Gasteiger partial charge is 0.305 e. The number of nitrogens with zero attached hydrogens (tertiary/aromatic N) is 2. The number of methoxy groups -OCH3 is 2. The summed E-state index contributed by atoms with van der Waals surface area (Å²) >= 11 is 0. The normalized spacial score (nSPS) is 22.9. The van der Waals surface area contributed by atoms with Crippen molar-refractivity contribution in [1.29, 1.82) is 0 Å². The number of carboxylic acids is 1. The van der Waals surface area contributed by atoms with Crippen molar-refractivity contribution in [3.63, 3.8) is 0 Å². The summed E-state index contributed by atoms with van der Waals surface area (Å²) in [6.07, 6.45) is 5.63. The van der Waals surface area contributed by atoms with Gasteiger partial charge in [-0.2, -0.15) is 0 Å². The van der Waals surface area contributed by atoms with Gasteiger partial charge in [0, 0.05) is 63.1 Å². The molecule has 7 nitrogen and oxygen atoms in total. The minimum atomic E-state index is -0.777. The van der Waals surface area contributed by atoms with Crippen molar-refractivity contribution >= 4 is 17.3 Å². The highest BCUT2D eigenvalue weighted by molar-refractivity contribution is 5.69. The van der Waals surface area contributed by atoms with E-state index in [0.29, 0.717) is 12.5 Å². The van der Waals surface area contributed by atoms with E-state index in [1.165, 1.54) is 24.1 Å². The van der Waals surface area contributed by atoms with Crippen LogP contribution in [-0.4, -0.2) is 63.2 Å². The monoisotopic (exact) mass is 480 g/mol.